The van der Waals surface area contributed by atoms with Gasteiger partial charge in [-0.1, -0.05) is 39.8 Å². The van der Waals surface area contributed by atoms with Crippen LogP contribution < -0.4 is 0 Å². The Morgan fingerprint density at radius 2 is 1.81 bits per heavy atom. The molecule has 0 N–H and O–H groups in total. The maximum absolute atomic E-state index is 11.7. The Labute approximate surface area is 98.6 Å². The number of rotatable bonds is 3. The molecule has 0 fully saturated rings. The fraction of sp³-hybridized carbons (Fsp3) is 0.538. The molecule has 0 aliphatic heterocycles. The maximum Gasteiger partial charge on any atom is 0.178 e. The Morgan fingerprint density at radius 3 is 2.31 bits per heavy atom. The van der Waals surface area contributed by atoms with E-state index in [1.54, 1.807) is 19.1 Å². The van der Waals surface area contributed by atoms with Crippen LogP contribution in [0.5, 0.6) is 0 Å². The average Bonchev–Trinajstić information content (AvgIpc) is 2.15. The predicted octanol–water partition coefficient (Wildman–Crippen LogP) is 3.07. The van der Waals surface area contributed by atoms with E-state index < -0.39 is 9.84 Å². The van der Waals surface area contributed by atoms with Gasteiger partial charge in [0.1, 0.15) is 0 Å². The summed E-state index contributed by atoms with van der Waals surface area (Å²) in [4.78, 5) is 0.441. The highest BCUT2D eigenvalue weighted by Gasteiger charge is 2.15. The molecule has 1 aromatic carbocycles. The second-order valence-corrected chi connectivity index (χ2v) is 7.57. The molecule has 0 spiro atoms. The standard InChI is InChI=1S/C13H20O2S/c1-5-16(14,15)12-8-6-7-11(9-12)10-13(2,3)4/h6-9H,5,10H2,1-4H3. The zero-order valence-electron chi connectivity index (χ0n) is 10.4. The largest absolute Gasteiger partial charge is 0.224 e. The van der Waals surface area contributed by atoms with Gasteiger partial charge in [-0.25, -0.2) is 8.42 Å². The quantitative estimate of drug-likeness (QED) is 0.813. The molecule has 3 heteroatoms. The van der Waals surface area contributed by atoms with E-state index in [2.05, 4.69) is 20.8 Å². The molecule has 0 atom stereocenters. The van der Waals surface area contributed by atoms with Gasteiger partial charge in [0.05, 0.1) is 10.6 Å². The van der Waals surface area contributed by atoms with Crippen molar-refractivity contribution >= 4 is 9.84 Å². The van der Waals surface area contributed by atoms with Gasteiger partial charge in [-0.3, -0.25) is 0 Å². The second-order valence-electron chi connectivity index (χ2n) is 5.29. The van der Waals surface area contributed by atoms with Crippen LogP contribution in [0.1, 0.15) is 33.3 Å². The highest BCUT2D eigenvalue weighted by atomic mass is 32.2. The summed E-state index contributed by atoms with van der Waals surface area (Å²) in [5, 5.41) is 0. The lowest BCUT2D eigenvalue weighted by atomic mass is 9.88. The van der Waals surface area contributed by atoms with Crippen molar-refractivity contribution in [3.05, 3.63) is 29.8 Å². The van der Waals surface area contributed by atoms with E-state index in [1.807, 2.05) is 12.1 Å². The third kappa shape index (κ3) is 3.63. The van der Waals surface area contributed by atoms with E-state index >= 15 is 0 Å². The van der Waals surface area contributed by atoms with E-state index in [0.717, 1.165) is 12.0 Å². The van der Waals surface area contributed by atoms with E-state index in [9.17, 15) is 8.42 Å². The summed E-state index contributed by atoms with van der Waals surface area (Å²) in [5.41, 5.74) is 1.26. The smallest absolute Gasteiger partial charge is 0.178 e. The molecule has 0 aromatic heterocycles. The van der Waals surface area contributed by atoms with Crippen molar-refractivity contribution in [1.82, 2.24) is 0 Å². The predicted molar refractivity (Wildman–Crippen MR) is 67.3 cm³/mol. The van der Waals surface area contributed by atoms with Gasteiger partial charge in [-0.2, -0.15) is 0 Å². The Balaban J connectivity index is 3.06. The first-order chi connectivity index (χ1) is 7.24. The molecular formula is C13H20O2S. The normalized spacial score (nSPS) is 12.8. The molecule has 1 aromatic rings. The minimum atomic E-state index is -3.08. The first kappa shape index (κ1) is 13.2. The third-order valence-electron chi connectivity index (χ3n) is 2.37. The topological polar surface area (TPSA) is 34.1 Å². The van der Waals surface area contributed by atoms with Crippen molar-refractivity contribution in [3.8, 4) is 0 Å². The van der Waals surface area contributed by atoms with E-state index in [4.69, 9.17) is 0 Å². The monoisotopic (exact) mass is 240 g/mol. The zero-order valence-corrected chi connectivity index (χ0v) is 11.3. The Bertz CT molecular complexity index is 453. The van der Waals surface area contributed by atoms with Gasteiger partial charge >= 0.3 is 0 Å². The van der Waals surface area contributed by atoms with Crippen LogP contribution in [0.3, 0.4) is 0 Å². The fourth-order valence-electron chi connectivity index (χ4n) is 1.63. The maximum atomic E-state index is 11.7. The molecule has 0 amide bonds. The molecule has 0 aliphatic rings. The minimum absolute atomic E-state index is 0.159. The third-order valence-corrected chi connectivity index (χ3v) is 4.10. The first-order valence-electron chi connectivity index (χ1n) is 5.56. The molecule has 90 valence electrons. The van der Waals surface area contributed by atoms with Crippen molar-refractivity contribution in [2.75, 3.05) is 5.75 Å². The van der Waals surface area contributed by atoms with Crippen LogP contribution in [0.2, 0.25) is 0 Å². The van der Waals surface area contributed by atoms with E-state index in [-0.39, 0.29) is 11.2 Å². The minimum Gasteiger partial charge on any atom is -0.224 e. The van der Waals surface area contributed by atoms with Crippen molar-refractivity contribution in [3.63, 3.8) is 0 Å². The molecule has 2 nitrogen and oxygen atoms in total. The van der Waals surface area contributed by atoms with Crippen LogP contribution in [0.4, 0.5) is 0 Å². The summed E-state index contributed by atoms with van der Waals surface area (Å²) >= 11 is 0. The Hall–Kier alpha value is -0.830. The van der Waals surface area contributed by atoms with Crippen LogP contribution >= 0.6 is 0 Å². The zero-order chi connectivity index (χ0) is 12.4. The van der Waals surface area contributed by atoms with Gasteiger partial charge < -0.3 is 0 Å². The summed E-state index contributed by atoms with van der Waals surface area (Å²) in [5.74, 6) is 0.159. The summed E-state index contributed by atoms with van der Waals surface area (Å²) < 4.78 is 23.4. The van der Waals surface area contributed by atoms with Gasteiger partial charge in [0.15, 0.2) is 9.84 Å². The van der Waals surface area contributed by atoms with Crippen molar-refractivity contribution in [2.45, 2.75) is 39.0 Å². The lowest BCUT2D eigenvalue weighted by molar-refractivity contribution is 0.411. The van der Waals surface area contributed by atoms with Crippen LogP contribution in [0, 0.1) is 5.41 Å². The Kier molecular flexibility index (Phi) is 3.79. The van der Waals surface area contributed by atoms with Gasteiger partial charge in [0, 0.05) is 0 Å². The summed E-state index contributed by atoms with van der Waals surface area (Å²) in [6, 6.07) is 7.28. The van der Waals surface area contributed by atoms with Crippen LogP contribution in [0.15, 0.2) is 29.2 Å². The van der Waals surface area contributed by atoms with Gasteiger partial charge in [-0.15, -0.1) is 0 Å². The van der Waals surface area contributed by atoms with Crippen molar-refractivity contribution in [1.29, 1.82) is 0 Å². The van der Waals surface area contributed by atoms with Gasteiger partial charge in [-0.05, 0) is 29.5 Å². The first-order valence-corrected chi connectivity index (χ1v) is 7.21. The summed E-state index contributed by atoms with van der Waals surface area (Å²) in [6.07, 6.45) is 0.889. The molecule has 0 saturated heterocycles. The highest BCUT2D eigenvalue weighted by molar-refractivity contribution is 7.91. The molecule has 0 bridgehead atoms. The molecule has 0 unspecified atom stereocenters. The second kappa shape index (κ2) is 4.58. The molecule has 1 rings (SSSR count). The number of hydrogen-bond donors (Lipinski definition) is 0. The summed E-state index contributed by atoms with van der Waals surface area (Å²) in [7, 11) is -3.08. The number of benzene rings is 1. The summed E-state index contributed by atoms with van der Waals surface area (Å²) in [6.45, 7) is 8.11. The van der Waals surface area contributed by atoms with E-state index in [0.29, 0.717) is 4.90 Å². The average molecular weight is 240 g/mol. The lowest BCUT2D eigenvalue weighted by Crippen LogP contribution is -2.10. The van der Waals surface area contributed by atoms with Crippen molar-refractivity contribution < 1.29 is 8.42 Å². The Morgan fingerprint density at radius 1 is 1.19 bits per heavy atom. The highest BCUT2D eigenvalue weighted by Crippen LogP contribution is 2.22. The van der Waals surface area contributed by atoms with E-state index in [1.165, 1.54) is 0 Å². The number of hydrogen-bond acceptors (Lipinski definition) is 2. The van der Waals surface area contributed by atoms with Crippen LogP contribution in [0.25, 0.3) is 0 Å². The molecule has 0 heterocycles. The fourth-order valence-corrected chi connectivity index (χ4v) is 2.58. The number of sulfone groups is 1. The van der Waals surface area contributed by atoms with Crippen LogP contribution in [-0.2, 0) is 16.3 Å². The van der Waals surface area contributed by atoms with Gasteiger partial charge in [0.2, 0.25) is 0 Å². The SMILES string of the molecule is CCS(=O)(=O)c1cccc(CC(C)(C)C)c1. The molecule has 0 aliphatic carbocycles. The van der Waals surface area contributed by atoms with Gasteiger partial charge in [0.25, 0.3) is 0 Å². The van der Waals surface area contributed by atoms with Crippen LogP contribution in [-0.4, -0.2) is 14.2 Å². The van der Waals surface area contributed by atoms with Crippen molar-refractivity contribution in [2.24, 2.45) is 5.41 Å². The molecule has 0 saturated carbocycles. The molecule has 0 radical (unpaired) electrons. The molecule has 16 heavy (non-hydrogen) atoms. The molecular weight excluding hydrogens is 220 g/mol. The lowest BCUT2D eigenvalue weighted by Gasteiger charge is -2.18.